The first-order valence-electron chi connectivity index (χ1n) is 9.84. The Morgan fingerprint density at radius 1 is 1.07 bits per heavy atom. The molecule has 1 atom stereocenters. The highest BCUT2D eigenvalue weighted by molar-refractivity contribution is 5.99. The van der Waals surface area contributed by atoms with Crippen molar-refractivity contribution in [1.82, 2.24) is 5.32 Å². The Balaban J connectivity index is 1.77. The molecule has 2 aromatic rings. The van der Waals surface area contributed by atoms with Gasteiger partial charge in [-0.2, -0.15) is 0 Å². The van der Waals surface area contributed by atoms with Crippen molar-refractivity contribution in [2.75, 3.05) is 19.1 Å². The summed E-state index contributed by atoms with van der Waals surface area (Å²) >= 11 is 0. The number of hydrogen-bond acceptors (Lipinski definition) is 3. The second-order valence-corrected chi connectivity index (χ2v) is 7.33. The van der Waals surface area contributed by atoms with Crippen LogP contribution in [-0.4, -0.2) is 32.0 Å². The molecular weight excluding hydrogens is 352 g/mol. The third-order valence-electron chi connectivity index (χ3n) is 5.41. The topological polar surface area (TPSA) is 58.6 Å². The molecule has 28 heavy (non-hydrogen) atoms. The second kappa shape index (κ2) is 9.40. The van der Waals surface area contributed by atoms with Gasteiger partial charge in [0.2, 0.25) is 11.8 Å². The molecule has 2 amide bonds. The monoisotopic (exact) mass is 380 g/mol. The molecule has 5 heteroatoms. The number of likely N-dealkylation sites (N-methyl/N-ethyl adjacent to an activating group) is 1. The van der Waals surface area contributed by atoms with E-state index in [0.717, 1.165) is 42.7 Å². The van der Waals surface area contributed by atoms with Crippen LogP contribution in [0.25, 0.3) is 0 Å². The van der Waals surface area contributed by atoms with Crippen LogP contribution in [0.2, 0.25) is 0 Å². The number of hydrogen-bond donors (Lipinski definition) is 1. The summed E-state index contributed by atoms with van der Waals surface area (Å²) in [4.78, 5) is 27.5. The molecule has 0 spiro atoms. The van der Waals surface area contributed by atoms with Crippen LogP contribution in [0, 0.1) is 5.92 Å². The fourth-order valence-corrected chi connectivity index (χ4v) is 3.69. The van der Waals surface area contributed by atoms with E-state index < -0.39 is 6.04 Å². The molecule has 0 saturated heterocycles. The van der Waals surface area contributed by atoms with Gasteiger partial charge in [-0.15, -0.1) is 0 Å². The Morgan fingerprint density at radius 3 is 2.32 bits per heavy atom. The number of carbonyl (C=O) groups excluding carboxylic acids is 2. The number of benzene rings is 2. The lowest BCUT2D eigenvalue weighted by molar-refractivity contribution is -0.129. The Kier molecular flexibility index (Phi) is 6.69. The van der Waals surface area contributed by atoms with Crippen molar-refractivity contribution >= 4 is 17.5 Å². The number of ether oxygens (including phenoxy) is 1. The summed E-state index contributed by atoms with van der Waals surface area (Å²) in [6.45, 7) is 0. The summed E-state index contributed by atoms with van der Waals surface area (Å²) in [5.41, 5.74) is 1.79. The number of nitrogens with zero attached hydrogens (tertiary/aromatic N) is 1. The molecule has 1 aliphatic carbocycles. The number of nitrogens with one attached hydrogen (secondary N) is 1. The quantitative estimate of drug-likeness (QED) is 0.799. The van der Waals surface area contributed by atoms with Crippen molar-refractivity contribution in [2.24, 2.45) is 5.92 Å². The van der Waals surface area contributed by atoms with Crippen molar-refractivity contribution < 1.29 is 14.3 Å². The summed E-state index contributed by atoms with van der Waals surface area (Å²) in [5.74, 6) is 0.632. The van der Waals surface area contributed by atoms with E-state index in [2.05, 4.69) is 5.32 Å². The van der Waals surface area contributed by atoms with Gasteiger partial charge in [0.05, 0.1) is 7.11 Å². The normalized spacial score (nSPS) is 15.1. The Morgan fingerprint density at radius 2 is 1.71 bits per heavy atom. The van der Waals surface area contributed by atoms with Crippen LogP contribution < -0.4 is 15.0 Å². The lowest BCUT2D eigenvalue weighted by atomic mass is 10.0. The van der Waals surface area contributed by atoms with Gasteiger partial charge in [0, 0.05) is 25.1 Å². The maximum atomic E-state index is 13.2. The maximum absolute atomic E-state index is 13.2. The minimum atomic E-state index is -0.595. The van der Waals surface area contributed by atoms with Gasteiger partial charge in [0.25, 0.3) is 0 Å². The van der Waals surface area contributed by atoms with Gasteiger partial charge in [0.1, 0.15) is 11.8 Å². The smallest absolute Gasteiger partial charge is 0.249 e. The van der Waals surface area contributed by atoms with Crippen molar-refractivity contribution in [3.8, 4) is 5.75 Å². The Labute approximate surface area is 166 Å². The van der Waals surface area contributed by atoms with Gasteiger partial charge in [0.15, 0.2) is 0 Å². The van der Waals surface area contributed by atoms with Crippen LogP contribution in [0.3, 0.4) is 0 Å². The summed E-state index contributed by atoms with van der Waals surface area (Å²) in [7, 11) is 3.35. The second-order valence-electron chi connectivity index (χ2n) is 7.33. The summed E-state index contributed by atoms with van der Waals surface area (Å²) < 4.78 is 5.18. The maximum Gasteiger partial charge on any atom is 0.249 e. The van der Waals surface area contributed by atoms with Gasteiger partial charge in [-0.1, -0.05) is 43.2 Å². The molecule has 0 bridgehead atoms. The third-order valence-corrected chi connectivity index (χ3v) is 5.41. The van der Waals surface area contributed by atoms with Gasteiger partial charge in [-0.25, -0.2) is 0 Å². The molecule has 5 nitrogen and oxygen atoms in total. The van der Waals surface area contributed by atoms with E-state index in [1.807, 2.05) is 54.6 Å². The molecule has 148 valence electrons. The van der Waals surface area contributed by atoms with Crippen molar-refractivity contribution in [3.63, 3.8) is 0 Å². The molecule has 0 radical (unpaired) electrons. The lowest BCUT2D eigenvalue weighted by Gasteiger charge is -2.26. The van der Waals surface area contributed by atoms with Crippen LogP contribution in [0.5, 0.6) is 5.75 Å². The van der Waals surface area contributed by atoms with Crippen molar-refractivity contribution in [2.45, 2.75) is 38.1 Å². The van der Waals surface area contributed by atoms with Gasteiger partial charge in [-0.05, 0) is 42.7 Å². The Hall–Kier alpha value is -2.82. The van der Waals surface area contributed by atoms with E-state index in [1.165, 1.54) is 0 Å². The largest absolute Gasteiger partial charge is 0.497 e. The fraction of sp³-hybridized carbons (Fsp3) is 0.391. The summed E-state index contributed by atoms with van der Waals surface area (Å²) in [6.07, 6.45) is 4.46. The predicted octanol–water partition coefficient (Wildman–Crippen LogP) is 3.58. The summed E-state index contributed by atoms with van der Waals surface area (Å²) in [5, 5.41) is 3.03. The van der Waals surface area contributed by atoms with E-state index in [9.17, 15) is 9.59 Å². The number of amides is 2. The molecule has 0 aromatic heterocycles. The van der Waals surface area contributed by atoms with E-state index in [0.29, 0.717) is 6.42 Å². The number of rotatable bonds is 7. The molecule has 1 fully saturated rings. The van der Waals surface area contributed by atoms with E-state index in [-0.39, 0.29) is 17.7 Å². The lowest BCUT2D eigenvalue weighted by Crippen LogP contribution is -2.50. The van der Waals surface area contributed by atoms with Crippen LogP contribution in [-0.2, 0) is 16.0 Å². The van der Waals surface area contributed by atoms with E-state index >= 15 is 0 Å². The zero-order valence-electron chi connectivity index (χ0n) is 16.6. The predicted molar refractivity (Wildman–Crippen MR) is 110 cm³/mol. The molecule has 0 heterocycles. The third kappa shape index (κ3) is 4.91. The van der Waals surface area contributed by atoms with Gasteiger partial charge >= 0.3 is 0 Å². The zero-order chi connectivity index (χ0) is 19.9. The zero-order valence-corrected chi connectivity index (χ0v) is 16.6. The first-order valence-corrected chi connectivity index (χ1v) is 9.84. The van der Waals surface area contributed by atoms with E-state index in [4.69, 9.17) is 4.74 Å². The minimum Gasteiger partial charge on any atom is -0.497 e. The Bertz CT molecular complexity index is 783. The molecule has 1 aliphatic rings. The van der Waals surface area contributed by atoms with Crippen molar-refractivity contribution in [1.29, 1.82) is 0 Å². The molecule has 1 saturated carbocycles. The highest BCUT2D eigenvalue weighted by Gasteiger charge is 2.29. The standard InChI is InChI=1S/C23H28N2O3/c1-25(19-12-14-20(28-2)15-13-19)23(27)21(16-17-8-4-3-5-9-17)24-22(26)18-10-6-7-11-18/h3-5,8-9,12-15,18,21H,6-7,10-11,16H2,1-2H3,(H,24,26)/t21-/m0/s1. The van der Waals surface area contributed by atoms with Crippen LogP contribution in [0.1, 0.15) is 31.2 Å². The van der Waals surface area contributed by atoms with Crippen LogP contribution in [0.4, 0.5) is 5.69 Å². The fourth-order valence-electron chi connectivity index (χ4n) is 3.69. The molecule has 2 aromatic carbocycles. The van der Waals surface area contributed by atoms with Crippen molar-refractivity contribution in [3.05, 3.63) is 60.2 Å². The van der Waals surface area contributed by atoms with Gasteiger partial charge in [-0.3, -0.25) is 9.59 Å². The van der Waals surface area contributed by atoms with Crippen LogP contribution in [0.15, 0.2) is 54.6 Å². The average Bonchev–Trinajstić information content (AvgIpc) is 3.28. The highest BCUT2D eigenvalue weighted by Crippen LogP contribution is 2.25. The molecule has 1 N–H and O–H groups in total. The molecule has 0 unspecified atom stereocenters. The molecule has 3 rings (SSSR count). The van der Waals surface area contributed by atoms with Gasteiger partial charge < -0.3 is 15.0 Å². The average molecular weight is 380 g/mol. The first kappa shape index (κ1) is 19.9. The highest BCUT2D eigenvalue weighted by atomic mass is 16.5. The SMILES string of the molecule is COc1ccc(N(C)C(=O)[C@H](Cc2ccccc2)NC(=O)C2CCCC2)cc1. The molecular formula is C23H28N2O3. The summed E-state index contributed by atoms with van der Waals surface area (Å²) in [6, 6.07) is 16.5. The van der Waals surface area contributed by atoms with E-state index in [1.54, 1.807) is 19.1 Å². The van der Waals surface area contributed by atoms with Crippen LogP contribution >= 0.6 is 0 Å². The number of anilines is 1. The molecule has 0 aliphatic heterocycles. The number of carbonyl (C=O) groups is 2. The number of methoxy groups -OCH3 is 1. The minimum absolute atomic E-state index is 0.00471. The first-order chi connectivity index (χ1) is 13.6.